The maximum Gasteiger partial charge on any atom is 0.220 e. The second kappa shape index (κ2) is 73.5. The molecule has 2 rings (SSSR count). The predicted octanol–water partition coefficient (Wildman–Crippen LogP) is 22.0. The summed E-state index contributed by atoms with van der Waals surface area (Å²) in [4.78, 5) is 13.4. The van der Waals surface area contributed by atoms with Gasteiger partial charge in [0.15, 0.2) is 12.6 Å². The molecule has 2 saturated heterocycles. The molecule has 0 bridgehead atoms. The Morgan fingerprint density at radius 2 is 0.602 bits per heavy atom. The third-order valence-electron chi connectivity index (χ3n) is 22.7. The number of carbonyl (C=O) groups is 1. The molecule has 0 aromatic rings. The van der Waals surface area contributed by atoms with Gasteiger partial charge in [-0.15, -0.1) is 0 Å². The van der Waals surface area contributed by atoms with E-state index in [9.17, 15) is 45.6 Å². The lowest BCUT2D eigenvalue weighted by atomic mass is 9.97. The Morgan fingerprint density at radius 1 is 0.340 bits per heavy atom. The first-order valence-electron chi connectivity index (χ1n) is 45.4. The molecular formula is C89H173NO13. The number of rotatable bonds is 79. The van der Waals surface area contributed by atoms with Gasteiger partial charge in [-0.3, -0.25) is 4.79 Å². The Labute approximate surface area is 635 Å². The SMILES string of the molecule is CCCCCCCCCCCCCCCCCCCCCCCCCCCCC/C=C/C(O)C(COC1OC(CO)C(OC2OC(CO)C(O)C(O)C2O)C(O)C1O)NC(=O)CCCCCCCCCCCCCCCCCCCCCCCCCCCCCCCCCCCCCCCCCC. The van der Waals surface area contributed by atoms with Crippen LogP contribution in [0, 0.1) is 0 Å². The van der Waals surface area contributed by atoms with Crippen LogP contribution >= 0.6 is 0 Å². The first-order valence-corrected chi connectivity index (χ1v) is 45.4. The topological polar surface area (TPSA) is 228 Å². The van der Waals surface area contributed by atoms with Crippen molar-refractivity contribution in [2.75, 3.05) is 19.8 Å². The van der Waals surface area contributed by atoms with Crippen LogP contribution in [0.5, 0.6) is 0 Å². The maximum atomic E-state index is 13.4. The first-order chi connectivity index (χ1) is 50.6. The van der Waals surface area contributed by atoms with E-state index in [1.54, 1.807) is 6.08 Å². The lowest BCUT2D eigenvalue weighted by molar-refractivity contribution is -0.359. The van der Waals surface area contributed by atoms with Crippen molar-refractivity contribution >= 4 is 5.91 Å². The number of unbranched alkanes of at least 4 members (excludes halogenated alkanes) is 66. The lowest BCUT2D eigenvalue weighted by Gasteiger charge is -2.46. The number of nitrogens with one attached hydrogen (secondary N) is 1. The quantitative estimate of drug-likeness (QED) is 0.0204. The Balaban J connectivity index is 1.54. The zero-order chi connectivity index (χ0) is 74.4. The highest BCUT2D eigenvalue weighted by Gasteiger charge is 2.51. The van der Waals surface area contributed by atoms with Crippen LogP contribution < -0.4 is 5.32 Å². The molecule has 12 atom stereocenters. The summed E-state index contributed by atoms with van der Waals surface area (Å²) in [5.74, 6) is -0.227. The molecule has 1 amide bonds. The average molecular weight is 1470 g/mol. The first kappa shape index (κ1) is 97.8. The van der Waals surface area contributed by atoms with Crippen LogP contribution in [-0.2, 0) is 23.7 Å². The highest BCUT2D eigenvalue weighted by molar-refractivity contribution is 5.76. The molecule has 2 fully saturated rings. The van der Waals surface area contributed by atoms with Crippen molar-refractivity contribution in [1.29, 1.82) is 0 Å². The second-order valence-corrected chi connectivity index (χ2v) is 32.5. The normalized spacial score (nSPS) is 21.5. The van der Waals surface area contributed by atoms with Gasteiger partial charge in [-0.2, -0.15) is 0 Å². The van der Waals surface area contributed by atoms with Crippen molar-refractivity contribution in [3.63, 3.8) is 0 Å². The molecule has 0 spiro atoms. The number of ether oxygens (including phenoxy) is 4. The zero-order valence-corrected chi connectivity index (χ0v) is 67.6. The van der Waals surface area contributed by atoms with E-state index in [2.05, 4.69) is 19.2 Å². The van der Waals surface area contributed by atoms with Crippen molar-refractivity contribution in [2.45, 2.75) is 530 Å². The minimum atomic E-state index is -1.79. The van der Waals surface area contributed by atoms with E-state index in [0.29, 0.717) is 0 Å². The van der Waals surface area contributed by atoms with E-state index in [4.69, 9.17) is 18.9 Å². The monoisotopic (exact) mass is 1460 g/mol. The fraction of sp³-hybridized carbons (Fsp3) is 0.966. The van der Waals surface area contributed by atoms with Crippen LogP contribution in [0.4, 0.5) is 0 Å². The van der Waals surface area contributed by atoms with E-state index >= 15 is 0 Å². The van der Waals surface area contributed by atoms with Crippen LogP contribution in [0.3, 0.4) is 0 Å². The Bertz CT molecular complexity index is 1780. The second-order valence-electron chi connectivity index (χ2n) is 32.5. The van der Waals surface area contributed by atoms with Gasteiger partial charge in [-0.1, -0.05) is 443 Å². The molecule has 14 heteroatoms. The highest BCUT2D eigenvalue weighted by Crippen LogP contribution is 2.31. The van der Waals surface area contributed by atoms with Gasteiger partial charge >= 0.3 is 0 Å². The molecule has 103 heavy (non-hydrogen) atoms. The molecule has 2 aliphatic rings. The smallest absolute Gasteiger partial charge is 0.220 e. The summed E-state index contributed by atoms with van der Waals surface area (Å²) in [6.07, 6.45) is 79.2. The third-order valence-corrected chi connectivity index (χ3v) is 22.7. The van der Waals surface area contributed by atoms with Crippen molar-refractivity contribution < 1.29 is 64.6 Å². The summed E-state index contributed by atoms with van der Waals surface area (Å²) in [5.41, 5.74) is 0. The number of amides is 1. The number of aliphatic hydroxyl groups is 8. The van der Waals surface area contributed by atoms with Crippen LogP contribution in [0.2, 0.25) is 0 Å². The summed E-state index contributed by atoms with van der Waals surface area (Å²) >= 11 is 0. The van der Waals surface area contributed by atoms with Gasteiger partial charge in [0.05, 0.1) is 32.0 Å². The van der Waals surface area contributed by atoms with Crippen molar-refractivity contribution in [1.82, 2.24) is 5.32 Å². The van der Waals surface area contributed by atoms with Crippen LogP contribution in [0.1, 0.15) is 457 Å². The van der Waals surface area contributed by atoms with Crippen molar-refractivity contribution in [2.24, 2.45) is 0 Å². The van der Waals surface area contributed by atoms with Crippen LogP contribution in [-0.4, -0.2) is 140 Å². The maximum absolute atomic E-state index is 13.4. The summed E-state index contributed by atoms with van der Waals surface area (Å²) < 4.78 is 23.0. The molecule has 0 aromatic carbocycles. The van der Waals surface area contributed by atoms with Gasteiger partial charge in [0.25, 0.3) is 0 Å². The predicted molar refractivity (Wildman–Crippen MR) is 429 cm³/mol. The number of hydrogen-bond acceptors (Lipinski definition) is 13. The van der Waals surface area contributed by atoms with Crippen molar-refractivity contribution in [3.8, 4) is 0 Å². The lowest BCUT2D eigenvalue weighted by Crippen LogP contribution is -2.65. The van der Waals surface area contributed by atoms with E-state index in [1.165, 1.54) is 392 Å². The van der Waals surface area contributed by atoms with Crippen molar-refractivity contribution in [3.05, 3.63) is 12.2 Å². The van der Waals surface area contributed by atoms with E-state index < -0.39 is 86.8 Å². The summed E-state index contributed by atoms with van der Waals surface area (Å²) in [5, 5.41) is 87.9. The Kier molecular flexibility index (Phi) is 69.8. The number of hydrogen-bond donors (Lipinski definition) is 9. The summed E-state index contributed by atoms with van der Waals surface area (Å²) in [6, 6.07) is -0.913. The number of aliphatic hydroxyl groups excluding tert-OH is 8. The van der Waals surface area contributed by atoms with E-state index in [-0.39, 0.29) is 18.9 Å². The van der Waals surface area contributed by atoms with Gasteiger partial charge in [0, 0.05) is 6.42 Å². The molecule has 2 aliphatic heterocycles. The van der Waals surface area contributed by atoms with Crippen LogP contribution in [0.15, 0.2) is 12.2 Å². The third kappa shape index (κ3) is 55.7. The minimum absolute atomic E-state index is 0.227. The molecule has 2 heterocycles. The molecule has 9 N–H and O–H groups in total. The minimum Gasteiger partial charge on any atom is -0.394 e. The molecule has 612 valence electrons. The van der Waals surface area contributed by atoms with Gasteiger partial charge in [0.2, 0.25) is 5.91 Å². The molecule has 0 radical (unpaired) electrons. The van der Waals surface area contributed by atoms with Gasteiger partial charge in [0.1, 0.15) is 48.8 Å². The largest absolute Gasteiger partial charge is 0.394 e. The standard InChI is InChI=1S/C89H173NO13/c1-3-5-7-9-11-13-15-17-19-21-23-25-27-29-31-33-34-35-36-37-38-39-40-41-42-43-45-47-49-51-53-55-57-59-61-63-65-67-69-71-73-81(94)90-77(76-100-88-86(99)84(97)87(80(75-92)102-88)103-89-85(98)83(96)82(95)79(74-91)101-89)78(93)72-70-68-66-64-62-60-58-56-54-52-50-48-46-44-32-30-28-26-24-22-20-18-16-14-12-10-8-6-4-2/h70,72,77-80,82-89,91-93,95-99H,3-69,71,73-76H2,1-2H3,(H,90,94)/b72-70+. The van der Waals surface area contributed by atoms with E-state index in [0.717, 1.165) is 44.9 Å². The summed E-state index contributed by atoms with van der Waals surface area (Å²) in [7, 11) is 0. The van der Waals surface area contributed by atoms with Crippen LogP contribution in [0.25, 0.3) is 0 Å². The molecule has 12 unspecified atom stereocenters. The molecule has 0 aromatic heterocycles. The average Bonchev–Trinajstić information content (AvgIpc) is 0.791. The molecule has 0 saturated carbocycles. The van der Waals surface area contributed by atoms with E-state index in [1.807, 2.05) is 6.08 Å². The van der Waals surface area contributed by atoms with Gasteiger partial charge < -0.3 is 65.1 Å². The molecule has 0 aliphatic carbocycles. The highest BCUT2D eigenvalue weighted by atomic mass is 16.7. The summed E-state index contributed by atoms with van der Waals surface area (Å²) in [6.45, 7) is 2.89. The Morgan fingerprint density at radius 3 is 0.893 bits per heavy atom. The fourth-order valence-electron chi connectivity index (χ4n) is 15.6. The van der Waals surface area contributed by atoms with Gasteiger partial charge in [-0.25, -0.2) is 0 Å². The Hall–Kier alpha value is -1.27. The molecular weight excluding hydrogens is 1290 g/mol. The zero-order valence-electron chi connectivity index (χ0n) is 67.6. The van der Waals surface area contributed by atoms with Gasteiger partial charge in [-0.05, 0) is 19.3 Å². The fourth-order valence-corrected chi connectivity index (χ4v) is 15.6. The number of allylic oxidation sites excluding steroid dienone is 1. The molecule has 14 nitrogen and oxygen atoms in total. The number of carbonyl (C=O) groups excluding carboxylic acids is 1.